The predicted octanol–water partition coefficient (Wildman–Crippen LogP) is 4.76. The highest BCUT2D eigenvalue weighted by Gasteiger charge is 2.09. The number of hydrogen-bond acceptors (Lipinski definition) is 0. The first kappa shape index (κ1) is 13.3. The standard InChI is InChI=1S/C16H16BrF/c17-15(11-10-13-6-2-1-3-7-13)12-14-8-4-5-9-16(14)18/h1-9,15H,10-12H2. The second-order valence-corrected chi connectivity index (χ2v) is 5.71. The van der Waals surface area contributed by atoms with Crippen molar-refractivity contribution in [3.8, 4) is 0 Å². The molecule has 0 bridgehead atoms. The first-order chi connectivity index (χ1) is 8.75. The zero-order valence-corrected chi connectivity index (χ0v) is 11.7. The first-order valence-electron chi connectivity index (χ1n) is 6.17. The lowest BCUT2D eigenvalue weighted by molar-refractivity contribution is 0.603. The van der Waals surface area contributed by atoms with Crippen molar-refractivity contribution >= 4 is 15.9 Å². The van der Waals surface area contributed by atoms with Crippen LogP contribution in [0.1, 0.15) is 17.5 Å². The third-order valence-electron chi connectivity index (χ3n) is 2.99. The van der Waals surface area contributed by atoms with Gasteiger partial charge in [0, 0.05) is 4.83 Å². The minimum Gasteiger partial charge on any atom is -0.207 e. The fourth-order valence-electron chi connectivity index (χ4n) is 1.97. The molecule has 0 fully saturated rings. The minimum atomic E-state index is -0.110. The molecule has 0 heterocycles. The quantitative estimate of drug-likeness (QED) is 0.698. The highest BCUT2D eigenvalue weighted by molar-refractivity contribution is 9.09. The Kier molecular flexibility index (Phi) is 4.94. The van der Waals surface area contributed by atoms with E-state index in [1.165, 1.54) is 11.6 Å². The molecule has 2 aromatic carbocycles. The van der Waals surface area contributed by atoms with E-state index in [1.54, 1.807) is 6.07 Å². The molecule has 0 saturated heterocycles. The largest absolute Gasteiger partial charge is 0.207 e. The molecule has 2 heteroatoms. The Morgan fingerprint density at radius 3 is 2.33 bits per heavy atom. The van der Waals surface area contributed by atoms with E-state index >= 15 is 0 Å². The van der Waals surface area contributed by atoms with Gasteiger partial charge in [-0.1, -0.05) is 64.5 Å². The van der Waals surface area contributed by atoms with Crippen LogP contribution in [0.25, 0.3) is 0 Å². The smallest absolute Gasteiger partial charge is 0.126 e. The van der Waals surface area contributed by atoms with Crippen molar-refractivity contribution in [3.63, 3.8) is 0 Å². The third-order valence-corrected chi connectivity index (χ3v) is 3.77. The lowest BCUT2D eigenvalue weighted by atomic mass is 10.0. The van der Waals surface area contributed by atoms with Crippen LogP contribution >= 0.6 is 15.9 Å². The Morgan fingerprint density at radius 2 is 1.61 bits per heavy atom. The number of halogens is 2. The van der Waals surface area contributed by atoms with E-state index in [1.807, 2.05) is 18.2 Å². The Labute approximate surface area is 116 Å². The van der Waals surface area contributed by atoms with Gasteiger partial charge in [-0.25, -0.2) is 4.39 Å². The molecule has 2 aromatic rings. The van der Waals surface area contributed by atoms with E-state index < -0.39 is 0 Å². The number of hydrogen-bond donors (Lipinski definition) is 0. The van der Waals surface area contributed by atoms with E-state index in [-0.39, 0.29) is 5.82 Å². The van der Waals surface area contributed by atoms with Crippen LogP contribution in [0.15, 0.2) is 54.6 Å². The molecule has 0 amide bonds. The number of alkyl halides is 1. The highest BCUT2D eigenvalue weighted by Crippen LogP contribution is 2.18. The SMILES string of the molecule is Fc1ccccc1CC(Br)CCc1ccccc1. The van der Waals surface area contributed by atoms with E-state index in [0.717, 1.165) is 24.8 Å². The summed E-state index contributed by atoms with van der Waals surface area (Å²) in [6, 6.07) is 17.4. The van der Waals surface area contributed by atoms with Gasteiger partial charge < -0.3 is 0 Å². The van der Waals surface area contributed by atoms with Crippen LogP contribution in [0.2, 0.25) is 0 Å². The number of benzene rings is 2. The van der Waals surface area contributed by atoms with Gasteiger partial charge in [-0.15, -0.1) is 0 Å². The van der Waals surface area contributed by atoms with Gasteiger partial charge in [0.2, 0.25) is 0 Å². The van der Waals surface area contributed by atoms with Crippen molar-refractivity contribution in [3.05, 3.63) is 71.5 Å². The molecule has 1 atom stereocenters. The van der Waals surface area contributed by atoms with E-state index in [4.69, 9.17) is 0 Å². The minimum absolute atomic E-state index is 0.110. The first-order valence-corrected chi connectivity index (χ1v) is 7.08. The molecule has 1 unspecified atom stereocenters. The number of rotatable bonds is 5. The normalized spacial score (nSPS) is 12.3. The topological polar surface area (TPSA) is 0 Å². The van der Waals surface area contributed by atoms with Crippen molar-refractivity contribution in [2.75, 3.05) is 0 Å². The van der Waals surface area contributed by atoms with Gasteiger partial charge in [0.25, 0.3) is 0 Å². The summed E-state index contributed by atoms with van der Waals surface area (Å²) in [5.74, 6) is -0.110. The van der Waals surface area contributed by atoms with Gasteiger partial charge in [-0.05, 0) is 36.5 Å². The summed E-state index contributed by atoms with van der Waals surface area (Å²) >= 11 is 3.64. The molecule has 2 rings (SSSR count). The Morgan fingerprint density at radius 1 is 0.944 bits per heavy atom. The fourth-order valence-corrected chi connectivity index (χ4v) is 2.55. The summed E-state index contributed by atoms with van der Waals surface area (Å²) in [6.07, 6.45) is 2.77. The molecular formula is C16H16BrF. The van der Waals surface area contributed by atoms with Crippen LogP contribution in [0.3, 0.4) is 0 Å². The van der Waals surface area contributed by atoms with Crippen molar-refractivity contribution in [1.29, 1.82) is 0 Å². The van der Waals surface area contributed by atoms with Crippen LogP contribution in [-0.2, 0) is 12.8 Å². The molecule has 0 N–H and O–H groups in total. The fraction of sp³-hybridized carbons (Fsp3) is 0.250. The van der Waals surface area contributed by atoms with Gasteiger partial charge in [0.05, 0.1) is 0 Å². The zero-order valence-electron chi connectivity index (χ0n) is 10.2. The van der Waals surface area contributed by atoms with Gasteiger partial charge in [0.1, 0.15) is 5.82 Å². The summed E-state index contributed by atoms with van der Waals surface area (Å²) in [5, 5.41) is 0. The predicted molar refractivity (Wildman–Crippen MR) is 77.6 cm³/mol. The molecule has 0 nitrogen and oxygen atoms in total. The molecule has 18 heavy (non-hydrogen) atoms. The van der Waals surface area contributed by atoms with Crippen molar-refractivity contribution < 1.29 is 4.39 Å². The highest BCUT2D eigenvalue weighted by atomic mass is 79.9. The van der Waals surface area contributed by atoms with Gasteiger partial charge in [-0.2, -0.15) is 0 Å². The molecular weight excluding hydrogens is 291 g/mol. The number of aryl methyl sites for hydroxylation is 1. The second kappa shape index (κ2) is 6.69. The maximum atomic E-state index is 13.5. The summed E-state index contributed by atoms with van der Waals surface area (Å²) in [6.45, 7) is 0. The zero-order chi connectivity index (χ0) is 12.8. The van der Waals surface area contributed by atoms with Gasteiger partial charge in [0.15, 0.2) is 0 Å². The molecule has 0 aliphatic rings. The molecule has 0 aliphatic heterocycles. The van der Waals surface area contributed by atoms with E-state index in [2.05, 4.69) is 40.2 Å². The summed E-state index contributed by atoms with van der Waals surface area (Å²) in [4.78, 5) is 0.314. The third kappa shape index (κ3) is 3.95. The Hall–Kier alpha value is -1.15. The monoisotopic (exact) mass is 306 g/mol. The lowest BCUT2D eigenvalue weighted by Crippen LogP contribution is -2.06. The summed E-state index contributed by atoms with van der Waals surface area (Å²) in [7, 11) is 0. The van der Waals surface area contributed by atoms with E-state index in [0.29, 0.717) is 4.83 Å². The summed E-state index contributed by atoms with van der Waals surface area (Å²) in [5.41, 5.74) is 2.11. The van der Waals surface area contributed by atoms with E-state index in [9.17, 15) is 4.39 Å². The molecule has 0 radical (unpaired) electrons. The molecule has 0 aliphatic carbocycles. The van der Waals surface area contributed by atoms with Gasteiger partial charge >= 0.3 is 0 Å². The molecule has 0 spiro atoms. The van der Waals surface area contributed by atoms with Crippen LogP contribution in [0.4, 0.5) is 4.39 Å². The average molecular weight is 307 g/mol. The van der Waals surface area contributed by atoms with Crippen molar-refractivity contribution in [1.82, 2.24) is 0 Å². The molecule has 0 saturated carbocycles. The summed E-state index contributed by atoms with van der Waals surface area (Å²) < 4.78 is 13.5. The Bertz CT molecular complexity index is 481. The Balaban J connectivity index is 1.86. The second-order valence-electron chi connectivity index (χ2n) is 4.42. The molecule has 0 aromatic heterocycles. The maximum absolute atomic E-state index is 13.5. The lowest BCUT2D eigenvalue weighted by Gasteiger charge is -2.10. The van der Waals surface area contributed by atoms with Gasteiger partial charge in [-0.3, -0.25) is 0 Å². The maximum Gasteiger partial charge on any atom is 0.126 e. The van der Waals surface area contributed by atoms with Crippen LogP contribution in [0.5, 0.6) is 0 Å². The van der Waals surface area contributed by atoms with Crippen LogP contribution < -0.4 is 0 Å². The van der Waals surface area contributed by atoms with Crippen molar-refractivity contribution in [2.24, 2.45) is 0 Å². The van der Waals surface area contributed by atoms with Crippen LogP contribution in [-0.4, -0.2) is 4.83 Å². The van der Waals surface area contributed by atoms with Crippen molar-refractivity contribution in [2.45, 2.75) is 24.1 Å². The van der Waals surface area contributed by atoms with Crippen LogP contribution in [0, 0.1) is 5.82 Å². The molecule has 94 valence electrons. The average Bonchev–Trinajstić information content (AvgIpc) is 2.40.